The molecule has 0 spiro atoms. The van der Waals surface area contributed by atoms with Crippen molar-refractivity contribution in [2.45, 2.75) is 70.6 Å². The molecule has 136 valence electrons. The minimum Gasteiger partial charge on any atom is -0.303 e. The third kappa shape index (κ3) is 12.3. The molecule has 3 nitrogen and oxygen atoms in total. The number of allylic oxidation sites excluding steroid dienone is 2. The fourth-order valence-electron chi connectivity index (χ4n) is 2.77. The lowest BCUT2D eigenvalue weighted by Gasteiger charge is -2.12. The predicted molar refractivity (Wildman–Crippen MR) is 103 cm³/mol. The number of hydrogen-bond donors (Lipinski definition) is 0. The highest BCUT2D eigenvalue weighted by Gasteiger charge is 1.95. The predicted octanol–water partition coefficient (Wildman–Crippen LogP) is 5.57. The lowest BCUT2D eigenvalue weighted by atomic mass is 10.1. The summed E-state index contributed by atoms with van der Waals surface area (Å²) >= 11 is 0. The first-order valence-corrected chi connectivity index (χ1v) is 9.62. The van der Waals surface area contributed by atoms with E-state index < -0.39 is 0 Å². The fourth-order valence-corrected chi connectivity index (χ4v) is 2.77. The van der Waals surface area contributed by atoms with Gasteiger partial charge in [0.2, 0.25) is 0 Å². The van der Waals surface area contributed by atoms with E-state index in [0.717, 1.165) is 13.0 Å². The molecule has 0 N–H and O–H groups in total. The van der Waals surface area contributed by atoms with Gasteiger partial charge < -0.3 is 4.84 Å². The second-order valence-electron chi connectivity index (χ2n) is 6.52. The van der Waals surface area contributed by atoms with Crippen LogP contribution in [0.3, 0.4) is 0 Å². The Balaban J connectivity index is 1.80. The number of unbranched alkanes of at least 4 members (excludes halogenated alkanes) is 8. The SMILES string of the molecule is CON(C)CCCCCCCCC=CCCCCc1cccnc1. The molecule has 0 aliphatic rings. The van der Waals surface area contributed by atoms with E-state index in [0.29, 0.717) is 0 Å². The van der Waals surface area contributed by atoms with Crippen molar-refractivity contribution in [1.29, 1.82) is 0 Å². The molecule has 3 heteroatoms. The minimum atomic E-state index is 1.04. The van der Waals surface area contributed by atoms with Crippen LogP contribution in [0.4, 0.5) is 0 Å². The van der Waals surface area contributed by atoms with Crippen LogP contribution in [-0.2, 0) is 11.3 Å². The molecular weight excluding hydrogens is 296 g/mol. The molecule has 1 aromatic heterocycles. The van der Waals surface area contributed by atoms with Crippen LogP contribution in [0.25, 0.3) is 0 Å². The number of hydroxylamine groups is 2. The Morgan fingerprint density at radius 3 is 2.29 bits per heavy atom. The third-order valence-corrected chi connectivity index (χ3v) is 4.38. The Labute approximate surface area is 149 Å². The largest absolute Gasteiger partial charge is 0.303 e. The number of rotatable bonds is 15. The van der Waals surface area contributed by atoms with Crippen molar-refractivity contribution in [3.8, 4) is 0 Å². The van der Waals surface area contributed by atoms with Gasteiger partial charge in [-0.25, -0.2) is 0 Å². The maximum absolute atomic E-state index is 5.10. The van der Waals surface area contributed by atoms with Gasteiger partial charge in [-0.15, -0.1) is 0 Å². The first-order chi connectivity index (χ1) is 11.8. The Kier molecular flexibility index (Phi) is 13.3. The van der Waals surface area contributed by atoms with Gasteiger partial charge in [0.1, 0.15) is 0 Å². The van der Waals surface area contributed by atoms with Crippen LogP contribution < -0.4 is 0 Å². The average Bonchev–Trinajstić information content (AvgIpc) is 2.62. The standard InChI is InChI=1S/C21H36N2O/c1-23(24-2)19-14-12-10-8-6-4-3-5-7-9-11-13-16-21-17-15-18-22-20-21/h5,7,15,17-18,20H,3-4,6,8-14,16,19H2,1-2H3. The Morgan fingerprint density at radius 1 is 0.958 bits per heavy atom. The van der Waals surface area contributed by atoms with E-state index in [2.05, 4.69) is 23.2 Å². The van der Waals surface area contributed by atoms with Gasteiger partial charge in [-0.05, 0) is 56.6 Å². The minimum absolute atomic E-state index is 1.04. The highest BCUT2D eigenvalue weighted by molar-refractivity contribution is 5.08. The summed E-state index contributed by atoms with van der Waals surface area (Å²) in [5, 5.41) is 1.90. The van der Waals surface area contributed by atoms with E-state index in [-0.39, 0.29) is 0 Å². The molecule has 1 aromatic rings. The molecule has 0 aliphatic carbocycles. The Morgan fingerprint density at radius 2 is 1.62 bits per heavy atom. The summed E-state index contributed by atoms with van der Waals surface area (Å²) in [7, 11) is 3.72. The van der Waals surface area contributed by atoms with Crippen LogP contribution >= 0.6 is 0 Å². The second-order valence-corrected chi connectivity index (χ2v) is 6.52. The van der Waals surface area contributed by atoms with Crippen molar-refractivity contribution < 1.29 is 4.84 Å². The molecule has 0 bridgehead atoms. The summed E-state index contributed by atoms with van der Waals surface area (Å²) in [4.78, 5) is 9.26. The zero-order chi connectivity index (χ0) is 17.3. The normalized spacial score (nSPS) is 11.6. The first-order valence-electron chi connectivity index (χ1n) is 9.62. The Bertz CT molecular complexity index is 406. The van der Waals surface area contributed by atoms with Gasteiger partial charge in [-0.1, -0.05) is 43.9 Å². The molecule has 0 saturated heterocycles. The summed E-state index contributed by atoms with van der Waals surface area (Å²) in [6, 6.07) is 4.19. The van der Waals surface area contributed by atoms with Crippen LogP contribution in [0.5, 0.6) is 0 Å². The molecule has 24 heavy (non-hydrogen) atoms. The zero-order valence-corrected chi connectivity index (χ0v) is 15.8. The van der Waals surface area contributed by atoms with Gasteiger partial charge in [0, 0.05) is 26.0 Å². The summed E-state index contributed by atoms with van der Waals surface area (Å²) in [5.74, 6) is 0. The lowest BCUT2D eigenvalue weighted by molar-refractivity contribution is -0.109. The quantitative estimate of drug-likeness (QED) is 0.238. The molecule has 0 aliphatic heterocycles. The van der Waals surface area contributed by atoms with Crippen LogP contribution in [-0.4, -0.2) is 30.7 Å². The lowest BCUT2D eigenvalue weighted by Crippen LogP contribution is -2.17. The molecule has 0 radical (unpaired) electrons. The summed E-state index contributed by atoms with van der Waals surface area (Å²) in [5.41, 5.74) is 1.36. The van der Waals surface area contributed by atoms with E-state index in [1.165, 1.54) is 69.8 Å². The van der Waals surface area contributed by atoms with Crippen molar-refractivity contribution in [3.63, 3.8) is 0 Å². The smallest absolute Gasteiger partial charge is 0.0575 e. The van der Waals surface area contributed by atoms with Crippen molar-refractivity contribution in [1.82, 2.24) is 10.0 Å². The van der Waals surface area contributed by atoms with E-state index in [9.17, 15) is 0 Å². The van der Waals surface area contributed by atoms with Crippen LogP contribution in [0.1, 0.15) is 69.8 Å². The molecule has 1 heterocycles. The van der Waals surface area contributed by atoms with E-state index in [1.807, 2.05) is 30.6 Å². The van der Waals surface area contributed by atoms with E-state index >= 15 is 0 Å². The average molecular weight is 333 g/mol. The molecular formula is C21H36N2O. The van der Waals surface area contributed by atoms with E-state index in [1.54, 1.807) is 7.11 Å². The molecule has 0 amide bonds. The maximum atomic E-state index is 5.10. The highest BCUT2D eigenvalue weighted by atomic mass is 16.7. The topological polar surface area (TPSA) is 25.4 Å². The number of aromatic nitrogens is 1. The van der Waals surface area contributed by atoms with Crippen LogP contribution in [0, 0.1) is 0 Å². The molecule has 0 saturated carbocycles. The Hall–Kier alpha value is -1.19. The summed E-state index contributed by atoms with van der Waals surface area (Å²) in [6.07, 6.45) is 22.7. The van der Waals surface area contributed by atoms with Gasteiger partial charge >= 0.3 is 0 Å². The zero-order valence-electron chi connectivity index (χ0n) is 15.8. The van der Waals surface area contributed by atoms with Gasteiger partial charge in [0.05, 0.1) is 7.11 Å². The maximum Gasteiger partial charge on any atom is 0.0575 e. The van der Waals surface area contributed by atoms with Crippen LogP contribution in [0.2, 0.25) is 0 Å². The summed E-state index contributed by atoms with van der Waals surface area (Å²) < 4.78 is 0. The van der Waals surface area contributed by atoms with Gasteiger partial charge in [0.15, 0.2) is 0 Å². The van der Waals surface area contributed by atoms with Gasteiger partial charge in [0.25, 0.3) is 0 Å². The molecule has 0 aromatic carbocycles. The number of pyridine rings is 1. The van der Waals surface area contributed by atoms with Crippen molar-refractivity contribution in [2.24, 2.45) is 0 Å². The number of hydrogen-bond acceptors (Lipinski definition) is 3. The molecule has 1 rings (SSSR count). The molecule has 0 fully saturated rings. The van der Waals surface area contributed by atoms with Gasteiger partial charge in [-0.3, -0.25) is 4.98 Å². The first kappa shape index (κ1) is 20.9. The number of nitrogens with zero attached hydrogens (tertiary/aromatic N) is 2. The van der Waals surface area contributed by atoms with E-state index in [4.69, 9.17) is 4.84 Å². The van der Waals surface area contributed by atoms with Crippen LogP contribution in [0.15, 0.2) is 36.7 Å². The second kappa shape index (κ2) is 15.3. The van der Waals surface area contributed by atoms with Gasteiger partial charge in [-0.2, -0.15) is 5.06 Å². The number of aryl methyl sites for hydroxylation is 1. The molecule has 0 unspecified atom stereocenters. The summed E-state index contributed by atoms with van der Waals surface area (Å²) in [6.45, 7) is 1.04. The third-order valence-electron chi connectivity index (χ3n) is 4.38. The fraction of sp³-hybridized carbons (Fsp3) is 0.667. The molecule has 0 atom stereocenters. The van der Waals surface area contributed by atoms with Crippen molar-refractivity contribution >= 4 is 0 Å². The monoisotopic (exact) mass is 332 g/mol. The van der Waals surface area contributed by atoms with Crippen molar-refractivity contribution in [3.05, 3.63) is 42.2 Å². The van der Waals surface area contributed by atoms with Crippen molar-refractivity contribution in [2.75, 3.05) is 20.7 Å². The highest BCUT2D eigenvalue weighted by Crippen LogP contribution is 2.09.